The molecule has 1 saturated carbocycles. The SMILES string of the molecule is Cc1noc2nc(-c3cccs3)cc(C(=O)N(Cc3ccccc3F)C3CC3)c12. The third-order valence-electron chi connectivity index (χ3n) is 5.17. The van der Waals surface area contributed by atoms with Gasteiger partial charge in [-0.05, 0) is 43.3 Å². The van der Waals surface area contributed by atoms with E-state index in [1.165, 1.54) is 6.07 Å². The van der Waals surface area contributed by atoms with Crippen molar-refractivity contribution in [3.05, 3.63) is 70.5 Å². The van der Waals surface area contributed by atoms with Crippen LogP contribution in [0.5, 0.6) is 0 Å². The van der Waals surface area contributed by atoms with Crippen LogP contribution in [-0.2, 0) is 6.54 Å². The molecule has 0 unspecified atom stereocenters. The number of benzene rings is 1. The van der Waals surface area contributed by atoms with Crippen molar-refractivity contribution in [2.45, 2.75) is 32.4 Å². The van der Waals surface area contributed by atoms with Crippen LogP contribution in [0.1, 0.15) is 34.5 Å². The summed E-state index contributed by atoms with van der Waals surface area (Å²) in [4.78, 5) is 20.9. The number of aryl methyl sites for hydroxylation is 1. The first-order valence-electron chi connectivity index (χ1n) is 9.47. The lowest BCUT2D eigenvalue weighted by Gasteiger charge is -2.23. The average molecular weight is 407 g/mol. The van der Waals surface area contributed by atoms with Gasteiger partial charge >= 0.3 is 0 Å². The molecule has 3 aromatic heterocycles. The molecule has 146 valence electrons. The fourth-order valence-corrected chi connectivity index (χ4v) is 4.22. The molecule has 0 N–H and O–H groups in total. The first kappa shape index (κ1) is 18.0. The van der Waals surface area contributed by atoms with Crippen molar-refractivity contribution in [1.82, 2.24) is 15.0 Å². The molecule has 0 aliphatic heterocycles. The number of aromatic nitrogens is 2. The molecule has 5 nitrogen and oxygen atoms in total. The first-order chi connectivity index (χ1) is 14.1. The monoisotopic (exact) mass is 407 g/mol. The largest absolute Gasteiger partial charge is 0.335 e. The molecule has 29 heavy (non-hydrogen) atoms. The Morgan fingerprint density at radius 1 is 1.28 bits per heavy atom. The Morgan fingerprint density at radius 3 is 2.83 bits per heavy atom. The number of carbonyl (C=O) groups excluding carboxylic acids is 1. The summed E-state index contributed by atoms with van der Waals surface area (Å²) in [7, 11) is 0. The maximum Gasteiger partial charge on any atom is 0.259 e. The van der Waals surface area contributed by atoms with Gasteiger partial charge in [0.1, 0.15) is 5.82 Å². The zero-order chi connectivity index (χ0) is 20.0. The third kappa shape index (κ3) is 3.31. The van der Waals surface area contributed by atoms with E-state index in [2.05, 4.69) is 10.1 Å². The number of pyridine rings is 1. The van der Waals surface area contributed by atoms with Crippen LogP contribution < -0.4 is 0 Å². The summed E-state index contributed by atoms with van der Waals surface area (Å²) in [5.74, 6) is -0.446. The number of thiophene rings is 1. The number of halogens is 1. The topological polar surface area (TPSA) is 59.2 Å². The van der Waals surface area contributed by atoms with Gasteiger partial charge in [0.15, 0.2) is 0 Å². The number of hydrogen-bond acceptors (Lipinski definition) is 5. The van der Waals surface area contributed by atoms with Crippen molar-refractivity contribution < 1.29 is 13.7 Å². The van der Waals surface area contributed by atoms with E-state index in [-0.39, 0.29) is 24.3 Å². The van der Waals surface area contributed by atoms with Gasteiger partial charge in [0.2, 0.25) is 0 Å². The second-order valence-corrected chi connectivity index (χ2v) is 8.18. The van der Waals surface area contributed by atoms with Crippen LogP contribution >= 0.6 is 11.3 Å². The molecule has 1 fully saturated rings. The highest BCUT2D eigenvalue weighted by Crippen LogP contribution is 2.34. The smallest absolute Gasteiger partial charge is 0.259 e. The predicted molar refractivity (Wildman–Crippen MR) is 109 cm³/mol. The molecule has 1 amide bonds. The Kier molecular flexibility index (Phi) is 4.39. The third-order valence-corrected chi connectivity index (χ3v) is 6.06. The number of hydrogen-bond donors (Lipinski definition) is 0. The van der Waals surface area contributed by atoms with Crippen LogP contribution in [-0.4, -0.2) is 27.0 Å². The average Bonchev–Trinajstić information content (AvgIpc) is 3.27. The molecule has 1 aliphatic carbocycles. The Labute approximate surface area is 170 Å². The number of fused-ring (bicyclic) bond motifs is 1. The van der Waals surface area contributed by atoms with Crippen LogP contribution in [0.2, 0.25) is 0 Å². The highest BCUT2D eigenvalue weighted by molar-refractivity contribution is 7.13. The Hall–Kier alpha value is -3.06. The summed E-state index contributed by atoms with van der Waals surface area (Å²) in [6, 6.07) is 12.4. The summed E-state index contributed by atoms with van der Waals surface area (Å²) >= 11 is 1.54. The van der Waals surface area contributed by atoms with Gasteiger partial charge in [-0.1, -0.05) is 29.4 Å². The van der Waals surface area contributed by atoms with E-state index in [9.17, 15) is 9.18 Å². The number of rotatable bonds is 5. The summed E-state index contributed by atoms with van der Waals surface area (Å²) in [6.45, 7) is 2.03. The standard InChI is InChI=1S/C22H18FN3O2S/c1-13-20-16(11-18(19-7-4-10-29-19)24-21(20)28-25-13)22(27)26(15-8-9-15)12-14-5-2-3-6-17(14)23/h2-7,10-11,15H,8-9,12H2,1H3. The van der Waals surface area contributed by atoms with Crippen molar-refractivity contribution in [3.63, 3.8) is 0 Å². The summed E-state index contributed by atoms with van der Waals surface area (Å²) in [5.41, 5.74) is 2.65. The minimum absolute atomic E-state index is 0.121. The van der Waals surface area contributed by atoms with Gasteiger partial charge in [-0.25, -0.2) is 9.37 Å². The lowest BCUT2D eigenvalue weighted by Crippen LogP contribution is -2.33. The molecular formula is C22H18FN3O2S. The zero-order valence-electron chi connectivity index (χ0n) is 15.8. The van der Waals surface area contributed by atoms with Crippen LogP contribution in [0.25, 0.3) is 21.7 Å². The Morgan fingerprint density at radius 2 is 2.10 bits per heavy atom. The minimum atomic E-state index is -0.300. The van der Waals surface area contributed by atoms with Crippen LogP contribution in [0.15, 0.2) is 52.4 Å². The van der Waals surface area contributed by atoms with E-state index >= 15 is 0 Å². The van der Waals surface area contributed by atoms with Gasteiger partial charge < -0.3 is 9.42 Å². The fraction of sp³-hybridized carbons (Fsp3) is 0.227. The molecule has 3 heterocycles. The summed E-state index contributed by atoms with van der Waals surface area (Å²) in [6.07, 6.45) is 1.85. The Balaban J connectivity index is 1.60. The molecule has 1 aromatic carbocycles. The van der Waals surface area contributed by atoms with Gasteiger partial charge in [-0.2, -0.15) is 0 Å². The molecule has 0 bridgehead atoms. The fourth-order valence-electron chi connectivity index (χ4n) is 3.53. The van der Waals surface area contributed by atoms with Crippen LogP contribution in [0.4, 0.5) is 4.39 Å². The second-order valence-electron chi connectivity index (χ2n) is 7.24. The molecule has 0 saturated heterocycles. The molecule has 0 atom stereocenters. The normalized spacial score (nSPS) is 13.7. The lowest BCUT2D eigenvalue weighted by molar-refractivity contribution is 0.0730. The highest BCUT2D eigenvalue weighted by atomic mass is 32.1. The van der Waals surface area contributed by atoms with E-state index in [0.29, 0.717) is 33.6 Å². The lowest BCUT2D eigenvalue weighted by atomic mass is 10.1. The van der Waals surface area contributed by atoms with Gasteiger partial charge in [-0.15, -0.1) is 11.3 Å². The molecule has 7 heteroatoms. The van der Waals surface area contributed by atoms with E-state index in [1.54, 1.807) is 47.4 Å². The van der Waals surface area contributed by atoms with Gasteiger partial charge in [-0.3, -0.25) is 4.79 Å². The van der Waals surface area contributed by atoms with Crippen LogP contribution in [0, 0.1) is 12.7 Å². The van der Waals surface area contributed by atoms with Crippen molar-refractivity contribution >= 4 is 28.3 Å². The van der Waals surface area contributed by atoms with E-state index in [1.807, 2.05) is 17.5 Å². The molecule has 0 spiro atoms. The maximum absolute atomic E-state index is 14.2. The zero-order valence-corrected chi connectivity index (χ0v) is 16.6. The molecule has 5 rings (SSSR count). The quantitative estimate of drug-likeness (QED) is 0.456. The first-order valence-corrected chi connectivity index (χ1v) is 10.3. The van der Waals surface area contributed by atoms with E-state index in [4.69, 9.17) is 4.52 Å². The van der Waals surface area contributed by atoms with E-state index in [0.717, 1.165) is 17.7 Å². The van der Waals surface area contributed by atoms with Crippen molar-refractivity contribution in [1.29, 1.82) is 0 Å². The molecule has 0 radical (unpaired) electrons. The summed E-state index contributed by atoms with van der Waals surface area (Å²) in [5, 5.41) is 6.60. The van der Waals surface area contributed by atoms with Crippen LogP contribution in [0.3, 0.4) is 0 Å². The number of nitrogens with zero attached hydrogens (tertiary/aromatic N) is 3. The van der Waals surface area contributed by atoms with Crippen molar-refractivity contribution in [3.8, 4) is 10.6 Å². The van der Waals surface area contributed by atoms with Crippen molar-refractivity contribution in [2.24, 2.45) is 0 Å². The Bertz CT molecular complexity index is 1200. The van der Waals surface area contributed by atoms with Gasteiger partial charge in [0.05, 0.1) is 27.2 Å². The minimum Gasteiger partial charge on any atom is -0.335 e. The summed E-state index contributed by atoms with van der Waals surface area (Å²) < 4.78 is 19.6. The van der Waals surface area contributed by atoms with Gasteiger partial charge in [0, 0.05) is 18.2 Å². The number of carbonyl (C=O) groups is 1. The number of amides is 1. The molecule has 4 aromatic rings. The van der Waals surface area contributed by atoms with Crippen molar-refractivity contribution in [2.75, 3.05) is 0 Å². The maximum atomic E-state index is 14.2. The highest BCUT2D eigenvalue weighted by Gasteiger charge is 2.35. The predicted octanol–water partition coefficient (Wildman–Crippen LogP) is 5.20. The van der Waals surface area contributed by atoms with Gasteiger partial charge in [0.25, 0.3) is 11.6 Å². The second kappa shape index (κ2) is 7.08. The molecule has 1 aliphatic rings. The molecular weight excluding hydrogens is 389 g/mol. The van der Waals surface area contributed by atoms with E-state index < -0.39 is 0 Å².